The lowest BCUT2D eigenvalue weighted by Gasteiger charge is -2.17. The maximum Gasteiger partial charge on any atom is 0.311 e. The monoisotopic (exact) mass is 392 g/mol. The molecule has 0 saturated heterocycles. The maximum atomic E-state index is 12.9. The van der Waals surface area contributed by atoms with Crippen molar-refractivity contribution in [3.63, 3.8) is 0 Å². The number of nitrogens with one attached hydrogen (secondary N) is 1. The fourth-order valence-electron chi connectivity index (χ4n) is 2.77. The van der Waals surface area contributed by atoms with Gasteiger partial charge in [0.2, 0.25) is 5.13 Å². The van der Waals surface area contributed by atoms with Crippen LogP contribution in [0, 0.1) is 12.8 Å². The summed E-state index contributed by atoms with van der Waals surface area (Å²) in [4.78, 5) is 40.2. The number of nitrogens with zero attached hydrogens (tertiary/aromatic N) is 3. The molecule has 0 unspecified atom stereocenters. The van der Waals surface area contributed by atoms with Gasteiger partial charge in [0.25, 0.3) is 11.5 Å². The van der Waals surface area contributed by atoms with Crippen LogP contribution in [0.2, 0.25) is 0 Å². The average molecular weight is 392 g/mol. The second-order valence-corrected chi connectivity index (χ2v) is 7.47. The number of aryl methyl sites for hydroxylation is 1. The van der Waals surface area contributed by atoms with Crippen LogP contribution in [0.1, 0.15) is 54.6 Å². The number of carbonyl (C=O) groups is 2. The van der Waals surface area contributed by atoms with E-state index in [1.165, 1.54) is 0 Å². The fraction of sp³-hybridized carbons (Fsp3) is 0.500. The molecule has 2 aromatic rings. The summed E-state index contributed by atoms with van der Waals surface area (Å²) in [7, 11) is 0. The predicted molar refractivity (Wildman–Crippen MR) is 103 cm³/mol. The van der Waals surface area contributed by atoms with Crippen molar-refractivity contribution in [2.75, 3.05) is 5.32 Å². The van der Waals surface area contributed by atoms with E-state index in [0.29, 0.717) is 18.9 Å². The Morgan fingerprint density at radius 3 is 2.67 bits per heavy atom. The van der Waals surface area contributed by atoms with Gasteiger partial charge in [-0.15, -0.1) is 0 Å². The summed E-state index contributed by atoms with van der Waals surface area (Å²) in [6.45, 7) is 8.60. The Labute approximate surface area is 161 Å². The van der Waals surface area contributed by atoms with Gasteiger partial charge in [-0.2, -0.15) is 4.37 Å². The molecular formula is C18H24N4O4S. The van der Waals surface area contributed by atoms with Gasteiger partial charge in [0, 0.05) is 23.8 Å². The number of anilines is 1. The minimum Gasteiger partial charge on any atom is -0.481 e. The van der Waals surface area contributed by atoms with Crippen molar-refractivity contribution < 1.29 is 14.7 Å². The first-order chi connectivity index (χ1) is 12.7. The Bertz CT molecular complexity index is 901. The summed E-state index contributed by atoms with van der Waals surface area (Å²) in [6, 6.07) is 1.60. The maximum absolute atomic E-state index is 12.9. The van der Waals surface area contributed by atoms with Crippen molar-refractivity contribution in [2.45, 2.75) is 53.5 Å². The van der Waals surface area contributed by atoms with Crippen LogP contribution in [0.4, 0.5) is 5.13 Å². The van der Waals surface area contributed by atoms with E-state index in [1.54, 1.807) is 10.6 Å². The van der Waals surface area contributed by atoms with Crippen LogP contribution in [-0.2, 0) is 24.2 Å². The second kappa shape index (κ2) is 8.90. The van der Waals surface area contributed by atoms with Crippen molar-refractivity contribution in [3.05, 3.63) is 39.1 Å². The highest BCUT2D eigenvalue weighted by Crippen LogP contribution is 2.15. The second-order valence-electron chi connectivity index (χ2n) is 6.72. The highest BCUT2D eigenvalue weighted by molar-refractivity contribution is 7.09. The summed E-state index contributed by atoms with van der Waals surface area (Å²) >= 11 is 0.885. The number of aromatic nitrogens is 3. The van der Waals surface area contributed by atoms with Crippen LogP contribution < -0.4 is 10.9 Å². The molecule has 0 radical (unpaired) electrons. The molecule has 27 heavy (non-hydrogen) atoms. The molecule has 2 heterocycles. The normalized spacial score (nSPS) is 11.0. The largest absolute Gasteiger partial charge is 0.481 e. The van der Waals surface area contributed by atoms with E-state index in [0.717, 1.165) is 29.2 Å². The standard InChI is InChI=1S/C18H24N4O4S/c1-5-13-11(4)8-12(17(26)22(13)7-6-10(2)3)16(25)20-18-19-14(21-27-18)9-15(23)24/h8,10H,5-7,9H2,1-4H3,(H,23,24)(H,19,20,21,25). The number of aliphatic carboxylic acids is 1. The van der Waals surface area contributed by atoms with Gasteiger partial charge in [-0.25, -0.2) is 4.98 Å². The molecule has 0 aromatic carbocycles. The van der Waals surface area contributed by atoms with Gasteiger partial charge in [0.05, 0.1) is 0 Å². The zero-order valence-electron chi connectivity index (χ0n) is 15.9. The van der Waals surface area contributed by atoms with Crippen LogP contribution in [0.25, 0.3) is 0 Å². The van der Waals surface area contributed by atoms with Gasteiger partial charge in [-0.05, 0) is 37.3 Å². The van der Waals surface area contributed by atoms with Crippen LogP contribution in [0.3, 0.4) is 0 Å². The van der Waals surface area contributed by atoms with Crippen LogP contribution in [0.15, 0.2) is 10.9 Å². The number of carboxylic acids is 1. The Morgan fingerprint density at radius 1 is 1.37 bits per heavy atom. The molecule has 0 fully saturated rings. The van der Waals surface area contributed by atoms with Crippen LogP contribution in [-0.4, -0.2) is 30.9 Å². The molecule has 1 amide bonds. The van der Waals surface area contributed by atoms with E-state index >= 15 is 0 Å². The number of hydrogen-bond acceptors (Lipinski definition) is 6. The molecule has 146 valence electrons. The van der Waals surface area contributed by atoms with Gasteiger partial charge in [-0.3, -0.25) is 19.7 Å². The summed E-state index contributed by atoms with van der Waals surface area (Å²) in [6.07, 6.45) is 1.22. The Kier molecular flexibility index (Phi) is 6.84. The molecule has 8 nitrogen and oxygen atoms in total. The van der Waals surface area contributed by atoms with Crippen molar-refractivity contribution >= 4 is 28.5 Å². The average Bonchev–Trinajstić information content (AvgIpc) is 3.00. The van der Waals surface area contributed by atoms with Gasteiger partial charge in [-0.1, -0.05) is 20.8 Å². The van der Waals surface area contributed by atoms with Gasteiger partial charge >= 0.3 is 5.97 Å². The fourth-order valence-corrected chi connectivity index (χ4v) is 3.36. The van der Waals surface area contributed by atoms with Crippen molar-refractivity contribution in [3.8, 4) is 0 Å². The SMILES string of the molecule is CCc1c(C)cc(C(=O)Nc2nc(CC(=O)O)ns2)c(=O)n1CCC(C)C. The Morgan fingerprint density at radius 2 is 2.07 bits per heavy atom. The number of hydrogen-bond donors (Lipinski definition) is 2. The van der Waals surface area contributed by atoms with E-state index < -0.39 is 11.9 Å². The zero-order valence-corrected chi connectivity index (χ0v) is 16.7. The van der Waals surface area contributed by atoms with E-state index in [9.17, 15) is 14.4 Å². The molecule has 2 aromatic heterocycles. The van der Waals surface area contributed by atoms with Gasteiger partial charge < -0.3 is 9.67 Å². The molecule has 0 aliphatic carbocycles. The third-order valence-electron chi connectivity index (χ3n) is 4.12. The quantitative estimate of drug-likeness (QED) is 0.713. The summed E-state index contributed by atoms with van der Waals surface area (Å²) < 4.78 is 5.57. The van der Waals surface area contributed by atoms with Crippen LogP contribution in [0.5, 0.6) is 0 Å². The van der Waals surface area contributed by atoms with E-state index in [2.05, 4.69) is 28.5 Å². The predicted octanol–water partition coefficient (Wildman–Crippen LogP) is 2.50. The molecule has 0 aliphatic rings. The lowest BCUT2D eigenvalue weighted by molar-refractivity contribution is -0.136. The minimum absolute atomic E-state index is 0.0449. The third kappa shape index (κ3) is 5.22. The summed E-state index contributed by atoms with van der Waals surface area (Å²) in [5.41, 5.74) is 1.53. The number of amides is 1. The molecule has 2 rings (SSSR count). The molecule has 0 aliphatic heterocycles. The van der Waals surface area contributed by atoms with Gasteiger partial charge in [0.15, 0.2) is 5.82 Å². The van der Waals surface area contributed by atoms with Crippen molar-refractivity contribution in [1.29, 1.82) is 0 Å². The molecule has 0 atom stereocenters. The number of carboxylic acid groups (broad SMARTS) is 1. The molecule has 0 saturated carbocycles. The van der Waals surface area contributed by atoms with Crippen molar-refractivity contribution in [2.24, 2.45) is 5.92 Å². The number of carbonyl (C=O) groups excluding carboxylic acids is 1. The highest BCUT2D eigenvalue weighted by atomic mass is 32.1. The van der Waals surface area contributed by atoms with Crippen molar-refractivity contribution in [1.82, 2.24) is 13.9 Å². The first kappa shape index (κ1) is 20.8. The third-order valence-corrected chi connectivity index (χ3v) is 4.79. The first-order valence-electron chi connectivity index (χ1n) is 8.82. The summed E-state index contributed by atoms with van der Waals surface area (Å²) in [5, 5.41) is 11.5. The number of rotatable bonds is 8. The molecular weight excluding hydrogens is 368 g/mol. The molecule has 2 N–H and O–H groups in total. The first-order valence-corrected chi connectivity index (χ1v) is 9.59. The lowest BCUT2D eigenvalue weighted by Crippen LogP contribution is -2.32. The lowest BCUT2D eigenvalue weighted by atomic mass is 10.1. The smallest absolute Gasteiger partial charge is 0.311 e. The summed E-state index contributed by atoms with van der Waals surface area (Å²) in [5.74, 6) is -1.06. The van der Waals surface area contributed by atoms with E-state index in [4.69, 9.17) is 5.11 Å². The molecule has 9 heteroatoms. The van der Waals surface area contributed by atoms with E-state index in [-0.39, 0.29) is 28.5 Å². The highest BCUT2D eigenvalue weighted by Gasteiger charge is 2.19. The van der Waals surface area contributed by atoms with Crippen LogP contribution >= 0.6 is 11.5 Å². The molecule has 0 bridgehead atoms. The van der Waals surface area contributed by atoms with Gasteiger partial charge in [0.1, 0.15) is 12.0 Å². The molecule has 0 spiro atoms. The Hall–Kier alpha value is -2.55. The number of pyridine rings is 1. The zero-order chi connectivity index (χ0) is 20.1. The Balaban J connectivity index is 2.31. The topological polar surface area (TPSA) is 114 Å². The minimum atomic E-state index is -1.05. The van der Waals surface area contributed by atoms with E-state index in [1.807, 2.05) is 13.8 Å².